The molecule has 3 aromatic rings. The van der Waals surface area contributed by atoms with Crippen LogP contribution in [0.15, 0.2) is 34.9 Å². The fraction of sp³-hybridized carbons (Fsp3) is 0.200. The summed E-state index contributed by atoms with van der Waals surface area (Å²) in [7, 11) is 0. The van der Waals surface area contributed by atoms with Gasteiger partial charge in [-0.3, -0.25) is 4.98 Å². The van der Waals surface area contributed by atoms with Crippen molar-refractivity contribution in [2.45, 2.75) is 19.8 Å². The maximum Gasteiger partial charge on any atom is 0.114 e. The van der Waals surface area contributed by atoms with Crippen LogP contribution in [0.3, 0.4) is 0 Å². The Kier molecular flexibility index (Phi) is 3.48. The zero-order valence-corrected chi connectivity index (χ0v) is 13.6. The van der Waals surface area contributed by atoms with Crippen LogP contribution in [0.4, 0.5) is 5.00 Å². The summed E-state index contributed by atoms with van der Waals surface area (Å²) < 4.78 is 1.03. The Morgan fingerprint density at radius 2 is 2.05 bits per heavy atom. The summed E-state index contributed by atoms with van der Waals surface area (Å²) in [6.45, 7) is 4.25. The van der Waals surface area contributed by atoms with Gasteiger partial charge in [0.05, 0.1) is 10.5 Å². The number of nitrogens with two attached hydrogens (primary N) is 1. The molecule has 3 nitrogen and oxygen atoms in total. The summed E-state index contributed by atoms with van der Waals surface area (Å²) in [6.07, 6.45) is 1.80. The van der Waals surface area contributed by atoms with Gasteiger partial charge in [-0.15, -0.1) is 11.3 Å². The van der Waals surface area contributed by atoms with Gasteiger partial charge in [-0.1, -0.05) is 35.8 Å². The van der Waals surface area contributed by atoms with Crippen LogP contribution < -0.4 is 5.73 Å². The minimum atomic E-state index is 0.380. The molecule has 0 saturated carbocycles. The summed E-state index contributed by atoms with van der Waals surface area (Å²) >= 11 is 5.12. The second kappa shape index (κ2) is 5.14. The van der Waals surface area contributed by atoms with Gasteiger partial charge in [0.25, 0.3) is 0 Å². The third-order valence-electron chi connectivity index (χ3n) is 3.14. The van der Waals surface area contributed by atoms with Gasteiger partial charge in [0.15, 0.2) is 0 Å². The molecule has 102 valence electrons. The molecule has 2 aromatic heterocycles. The molecule has 0 saturated heterocycles. The van der Waals surface area contributed by atoms with E-state index >= 15 is 0 Å². The number of benzene rings is 1. The maximum atomic E-state index is 6.16. The molecular weight excluding hydrogens is 334 g/mol. The molecule has 0 unspecified atom stereocenters. The number of hydrogen-bond acceptors (Lipinski definition) is 4. The summed E-state index contributed by atoms with van der Waals surface area (Å²) in [5.41, 5.74) is 8.91. The minimum Gasteiger partial charge on any atom is -0.389 e. The van der Waals surface area contributed by atoms with Gasteiger partial charge in [0.2, 0.25) is 0 Å². The van der Waals surface area contributed by atoms with Gasteiger partial charge < -0.3 is 5.73 Å². The van der Waals surface area contributed by atoms with Gasteiger partial charge in [0.1, 0.15) is 10.7 Å². The van der Waals surface area contributed by atoms with Crippen LogP contribution in [0.1, 0.15) is 24.8 Å². The number of halogens is 1. The lowest BCUT2D eigenvalue weighted by Gasteiger charge is -2.06. The van der Waals surface area contributed by atoms with Crippen molar-refractivity contribution in [2.24, 2.45) is 0 Å². The SMILES string of the molecule is CC(C)c1nc(-c2ccc(Br)c3cccnc23)c(N)s1. The molecule has 0 aliphatic heterocycles. The average Bonchev–Trinajstić information content (AvgIpc) is 2.82. The molecule has 2 N–H and O–H groups in total. The molecule has 0 aliphatic carbocycles. The minimum absolute atomic E-state index is 0.380. The molecular formula is C15H14BrN3S. The lowest BCUT2D eigenvalue weighted by molar-refractivity contribution is 0.854. The van der Waals surface area contributed by atoms with Crippen molar-refractivity contribution in [1.29, 1.82) is 0 Å². The molecule has 5 heteroatoms. The Morgan fingerprint density at radius 1 is 1.25 bits per heavy atom. The molecule has 0 amide bonds. The van der Waals surface area contributed by atoms with Crippen LogP contribution in [-0.2, 0) is 0 Å². The molecule has 0 fully saturated rings. The molecule has 1 aromatic carbocycles. The van der Waals surface area contributed by atoms with E-state index in [1.165, 1.54) is 0 Å². The molecule has 0 spiro atoms. The van der Waals surface area contributed by atoms with E-state index in [2.05, 4.69) is 34.8 Å². The van der Waals surface area contributed by atoms with E-state index in [0.717, 1.165) is 36.6 Å². The maximum absolute atomic E-state index is 6.16. The summed E-state index contributed by atoms with van der Waals surface area (Å²) in [5, 5.41) is 2.89. The van der Waals surface area contributed by atoms with Gasteiger partial charge >= 0.3 is 0 Å². The van der Waals surface area contributed by atoms with Crippen LogP contribution in [-0.4, -0.2) is 9.97 Å². The Balaban J connectivity index is 2.27. The third-order valence-corrected chi connectivity index (χ3v) is 5.01. The number of hydrogen-bond donors (Lipinski definition) is 1. The standard InChI is InChI=1S/C15H14BrN3S/c1-8(2)15-19-13(14(17)20-15)10-5-6-11(16)9-4-3-7-18-12(9)10/h3-8H,17H2,1-2H3. The highest BCUT2D eigenvalue weighted by atomic mass is 79.9. The number of aromatic nitrogens is 2. The Bertz CT molecular complexity index is 780. The number of thiazole rings is 1. The lowest BCUT2D eigenvalue weighted by atomic mass is 10.1. The first-order valence-electron chi connectivity index (χ1n) is 6.37. The number of nitrogens with zero attached hydrogens (tertiary/aromatic N) is 2. The summed E-state index contributed by atoms with van der Waals surface area (Å²) in [4.78, 5) is 9.19. The van der Waals surface area contributed by atoms with Gasteiger partial charge in [-0.2, -0.15) is 0 Å². The monoisotopic (exact) mass is 347 g/mol. The molecule has 20 heavy (non-hydrogen) atoms. The smallest absolute Gasteiger partial charge is 0.114 e. The van der Waals surface area contributed by atoms with Gasteiger partial charge in [-0.25, -0.2) is 4.98 Å². The second-order valence-electron chi connectivity index (χ2n) is 4.91. The Labute approximate surface area is 130 Å². The second-order valence-corrected chi connectivity index (χ2v) is 6.83. The first-order valence-corrected chi connectivity index (χ1v) is 7.98. The van der Waals surface area contributed by atoms with Crippen LogP contribution >= 0.6 is 27.3 Å². The predicted octanol–water partition coefficient (Wildman–Crippen LogP) is 4.83. The molecule has 2 heterocycles. The number of anilines is 1. The van der Waals surface area contributed by atoms with Gasteiger partial charge in [0, 0.05) is 27.5 Å². The zero-order valence-electron chi connectivity index (χ0n) is 11.2. The fourth-order valence-electron chi connectivity index (χ4n) is 2.12. The molecule has 3 rings (SSSR count). The molecule has 0 bridgehead atoms. The predicted molar refractivity (Wildman–Crippen MR) is 89.1 cm³/mol. The number of nitrogen functional groups attached to an aromatic ring is 1. The molecule has 0 radical (unpaired) electrons. The van der Waals surface area contributed by atoms with Crippen LogP contribution in [0.5, 0.6) is 0 Å². The highest BCUT2D eigenvalue weighted by molar-refractivity contribution is 9.10. The van der Waals surface area contributed by atoms with Crippen molar-refractivity contribution in [3.63, 3.8) is 0 Å². The number of pyridine rings is 1. The fourth-order valence-corrected chi connectivity index (χ4v) is 3.42. The van der Waals surface area contributed by atoms with E-state index < -0.39 is 0 Å². The van der Waals surface area contributed by atoms with E-state index in [-0.39, 0.29) is 0 Å². The Hall–Kier alpha value is -1.46. The van der Waals surface area contributed by atoms with Crippen molar-refractivity contribution in [1.82, 2.24) is 9.97 Å². The highest BCUT2D eigenvalue weighted by Crippen LogP contribution is 2.38. The zero-order chi connectivity index (χ0) is 14.3. The normalized spacial score (nSPS) is 11.4. The van der Waals surface area contributed by atoms with Crippen LogP contribution in [0.2, 0.25) is 0 Å². The van der Waals surface area contributed by atoms with E-state index in [1.54, 1.807) is 17.5 Å². The van der Waals surface area contributed by atoms with E-state index in [9.17, 15) is 0 Å². The van der Waals surface area contributed by atoms with Crippen molar-refractivity contribution >= 4 is 43.2 Å². The molecule has 0 atom stereocenters. The first kappa shape index (κ1) is 13.5. The largest absolute Gasteiger partial charge is 0.389 e. The van der Waals surface area contributed by atoms with Crippen molar-refractivity contribution in [2.75, 3.05) is 5.73 Å². The number of fused-ring (bicyclic) bond motifs is 1. The third kappa shape index (κ3) is 2.21. The number of rotatable bonds is 2. The summed E-state index contributed by atoms with van der Waals surface area (Å²) in [6, 6.07) is 8.02. The van der Waals surface area contributed by atoms with E-state index in [4.69, 9.17) is 10.7 Å². The quantitative estimate of drug-likeness (QED) is 0.722. The van der Waals surface area contributed by atoms with E-state index in [1.807, 2.05) is 24.3 Å². The Morgan fingerprint density at radius 3 is 2.75 bits per heavy atom. The molecule has 0 aliphatic rings. The highest BCUT2D eigenvalue weighted by Gasteiger charge is 2.16. The average molecular weight is 348 g/mol. The van der Waals surface area contributed by atoms with E-state index in [0.29, 0.717) is 5.92 Å². The first-order chi connectivity index (χ1) is 9.58. The summed E-state index contributed by atoms with van der Waals surface area (Å²) in [5.74, 6) is 0.380. The topological polar surface area (TPSA) is 51.8 Å². The van der Waals surface area contributed by atoms with Crippen molar-refractivity contribution in [3.8, 4) is 11.3 Å². The van der Waals surface area contributed by atoms with Crippen molar-refractivity contribution < 1.29 is 0 Å². The van der Waals surface area contributed by atoms with Crippen LogP contribution in [0.25, 0.3) is 22.2 Å². The lowest BCUT2D eigenvalue weighted by Crippen LogP contribution is -1.91. The van der Waals surface area contributed by atoms with Gasteiger partial charge in [-0.05, 0) is 18.2 Å². The van der Waals surface area contributed by atoms with Crippen LogP contribution in [0, 0.1) is 0 Å². The van der Waals surface area contributed by atoms with Crippen molar-refractivity contribution in [3.05, 3.63) is 39.9 Å².